The predicted molar refractivity (Wildman–Crippen MR) is 130 cm³/mol. The second kappa shape index (κ2) is 10.7. The number of β-lactam (4-membered cyclic amide) rings is 1. The molecule has 2 aliphatic rings. The summed E-state index contributed by atoms with van der Waals surface area (Å²) in [4.78, 5) is 62.7. The number of amides is 3. The average Bonchev–Trinajstić information content (AvgIpc) is 3.47. The summed E-state index contributed by atoms with van der Waals surface area (Å²) in [5.74, 6) is -1.11. The Kier molecular flexibility index (Phi) is 7.68. The molecule has 0 saturated carbocycles. The van der Waals surface area contributed by atoms with E-state index in [-0.39, 0.29) is 22.2 Å². The number of hydrogen-bond acceptors (Lipinski definition) is 13. The van der Waals surface area contributed by atoms with Gasteiger partial charge in [0.05, 0.1) is 0 Å². The van der Waals surface area contributed by atoms with E-state index in [0.29, 0.717) is 33.7 Å². The van der Waals surface area contributed by atoms with Crippen LogP contribution in [0.25, 0.3) is 0 Å². The number of nitrogens with one attached hydrogen (secondary N) is 2. The van der Waals surface area contributed by atoms with E-state index >= 15 is 0 Å². The summed E-state index contributed by atoms with van der Waals surface area (Å²) >= 11 is 5.03. The van der Waals surface area contributed by atoms with Gasteiger partial charge < -0.3 is 20.6 Å². The minimum absolute atomic E-state index is 0.0761. The smallest absolute Gasteiger partial charge is 0.352 e. The Morgan fingerprint density at radius 2 is 2.23 bits per heavy atom. The molecular weight excluding hydrogens is 539 g/mol. The standard InChI is InChI=1S/C18H17N7O6S4/c1-7-20-18(35-24-7)34-4-8-3-32-15-11(14(28)25(15)12(8)16(29)30)22-13(27)10(23-31-2)9-5-33-17(21-9)19-6-26/h5-6,11,15H,3-4H2,1-2H3,(H,22,27)(H,29,30)(H,19,21,26)/b23-10+/t11?,15-/m1/s1. The molecule has 17 heteroatoms. The van der Waals surface area contributed by atoms with Gasteiger partial charge >= 0.3 is 5.97 Å². The number of oxime groups is 1. The van der Waals surface area contributed by atoms with E-state index in [0.717, 1.165) is 11.3 Å². The minimum Gasteiger partial charge on any atom is -0.477 e. The van der Waals surface area contributed by atoms with E-state index in [1.54, 1.807) is 6.92 Å². The number of hydrogen-bond donors (Lipinski definition) is 3. The monoisotopic (exact) mass is 555 g/mol. The Morgan fingerprint density at radius 3 is 2.89 bits per heavy atom. The van der Waals surface area contributed by atoms with Crippen molar-refractivity contribution in [1.29, 1.82) is 0 Å². The highest BCUT2D eigenvalue weighted by Gasteiger charge is 2.54. The molecular formula is C18H17N7O6S4. The first-order valence-corrected chi connectivity index (χ1v) is 13.4. The average molecular weight is 556 g/mol. The van der Waals surface area contributed by atoms with Crippen molar-refractivity contribution in [2.75, 3.05) is 23.9 Å². The Balaban J connectivity index is 1.48. The summed E-state index contributed by atoms with van der Waals surface area (Å²) in [6.07, 6.45) is 0.451. The molecule has 4 heterocycles. The lowest BCUT2D eigenvalue weighted by molar-refractivity contribution is -0.150. The number of carboxylic acids is 1. The number of carboxylic acid groups (broad SMARTS) is 1. The van der Waals surface area contributed by atoms with Gasteiger partial charge in [-0.05, 0) is 24.0 Å². The molecule has 35 heavy (non-hydrogen) atoms. The largest absolute Gasteiger partial charge is 0.477 e. The second-order valence-electron chi connectivity index (χ2n) is 6.94. The number of thioether (sulfide) groups is 2. The van der Waals surface area contributed by atoms with Crippen LogP contribution in [0.5, 0.6) is 0 Å². The lowest BCUT2D eigenvalue weighted by atomic mass is 10.0. The maximum atomic E-state index is 12.9. The van der Waals surface area contributed by atoms with E-state index in [9.17, 15) is 24.3 Å². The lowest BCUT2D eigenvalue weighted by Gasteiger charge is -2.49. The fraction of sp³-hybridized carbons (Fsp3) is 0.333. The highest BCUT2D eigenvalue weighted by molar-refractivity contribution is 8.01. The van der Waals surface area contributed by atoms with Crippen molar-refractivity contribution in [2.24, 2.45) is 5.16 Å². The van der Waals surface area contributed by atoms with Gasteiger partial charge in [0.1, 0.15) is 35.7 Å². The molecule has 0 radical (unpaired) electrons. The zero-order chi connectivity index (χ0) is 25.1. The van der Waals surface area contributed by atoms with Crippen LogP contribution in [0.4, 0.5) is 5.13 Å². The number of nitrogens with zero attached hydrogens (tertiary/aromatic N) is 5. The molecule has 2 aromatic rings. The molecule has 3 N–H and O–H groups in total. The number of aliphatic carboxylic acids is 1. The Morgan fingerprint density at radius 1 is 1.43 bits per heavy atom. The molecule has 1 saturated heterocycles. The molecule has 2 aliphatic heterocycles. The van der Waals surface area contributed by atoms with Crippen molar-refractivity contribution < 1.29 is 29.1 Å². The molecule has 0 aromatic carbocycles. The third-order valence-corrected chi connectivity index (χ3v) is 8.87. The number of rotatable bonds is 10. The molecule has 0 spiro atoms. The normalized spacial score (nSPS) is 19.7. The number of aryl methyl sites for hydroxylation is 1. The van der Waals surface area contributed by atoms with Gasteiger partial charge in [-0.15, -0.1) is 23.1 Å². The van der Waals surface area contributed by atoms with Crippen LogP contribution in [0.3, 0.4) is 0 Å². The fourth-order valence-corrected chi connectivity index (χ4v) is 7.07. The first-order valence-electron chi connectivity index (χ1n) is 9.75. The van der Waals surface area contributed by atoms with Crippen molar-refractivity contribution in [3.8, 4) is 0 Å². The lowest BCUT2D eigenvalue weighted by Crippen LogP contribution is -2.71. The van der Waals surface area contributed by atoms with Crippen molar-refractivity contribution in [3.63, 3.8) is 0 Å². The van der Waals surface area contributed by atoms with Gasteiger partial charge in [0, 0.05) is 16.9 Å². The Bertz CT molecular complexity index is 1240. The zero-order valence-corrected chi connectivity index (χ0v) is 21.3. The Hall–Kier alpha value is -3.02. The van der Waals surface area contributed by atoms with Crippen molar-refractivity contribution in [2.45, 2.75) is 22.7 Å². The van der Waals surface area contributed by atoms with Crippen molar-refractivity contribution in [1.82, 2.24) is 24.6 Å². The molecule has 13 nitrogen and oxygen atoms in total. The quantitative estimate of drug-likeness (QED) is 0.124. The van der Waals surface area contributed by atoms with Crippen LogP contribution in [0.1, 0.15) is 11.5 Å². The number of aromatic nitrogens is 3. The summed E-state index contributed by atoms with van der Waals surface area (Å²) in [6, 6.07) is -0.949. The predicted octanol–water partition coefficient (Wildman–Crippen LogP) is 0.753. The number of thiazole rings is 1. The van der Waals surface area contributed by atoms with Gasteiger partial charge in [0.15, 0.2) is 15.2 Å². The van der Waals surface area contributed by atoms with Gasteiger partial charge in [-0.2, -0.15) is 4.37 Å². The van der Waals surface area contributed by atoms with E-state index in [2.05, 4.69) is 30.1 Å². The van der Waals surface area contributed by atoms with Gasteiger partial charge in [0.2, 0.25) is 6.41 Å². The van der Waals surface area contributed by atoms with Crippen molar-refractivity contribution >= 4 is 81.4 Å². The van der Waals surface area contributed by atoms with Gasteiger partial charge in [-0.1, -0.05) is 16.9 Å². The second-order valence-corrected chi connectivity index (χ2v) is 10.9. The highest BCUT2D eigenvalue weighted by Crippen LogP contribution is 2.41. The molecule has 1 fully saturated rings. The molecule has 1 unspecified atom stereocenters. The number of carbonyl (C=O) groups is 4. The minimum atomic E-state index is -1.21. The fourth-order valence-electron chi connectivity index (χ4n) is 3.28. The maximum Gasteiger partial charge on any atom is 0.352 e. The number of anilines is 1. The molecule has 184 valence electrons. The van der Waals surface area contributed by atoms with E-state index in [1.165, 1.54) is 52.4 Å². The number of carbonyl (C=O) groups excluding carboxylic acids is 3. The van der Waals surface area contributed by atoms with Crippen LogP contribution in [-0.2, 0) is 24.0 Å². The van der Waals surface area contributed by atoms with Crippen LogP contribution in [0.15, 0.2) is 26.1 Å². The third kappa shape index (κ3) is 5.16. The summed E-state index contributed by atoms with van der Waals surface area (Å²) in [5.41, 5.74) is 0.478. The molecule has 0 bridgehead atoms. The SMILES string of the molecule is CO/N=C(/C(=O)NC1C(=O)N2C(C(=O)O)=C(CSc3nc(C)ns3)CS[C@H]12)c1csc(NC=O)n1. The van der Waals surface area contributed by atoms with E-state index in [4.69, 9.17) is 4.84 Å². The maximum absolute atomic E-state index is 12.9. The van der Waals surface area contributed by atoms with E-state index < -0.39 is 29.2 Å². The highest BCUT2D eigenvalue weighted by atomic mass is 32.2. The van der Waals surface area contributed by atoms with Crippen LogP contribution >= 0.6 is 46.4 Å². The summed E-state index contributed by atoms with van der Waals surface area (Å²) in [6.45, 7) is 1.77. The number of fused-ring (bicyclic) bond motifs is 1. The molecule has 4 rings (SSSR count). The van der Waals surface area contributed by atoms with E-state index in [1.807, 2.05) is 0 Å². The van der Waals surface area contributed by atoms with Crippen LogP contribution in [0, 0.1) is 6.92 Å². The summed E-state index contributed by atoms with van der Waals surface area (Å²) < 4.78 is 4.82. The molecule has 3 amide bonds. The first-order chi connectivity index (χ1) is 16.8. The van der Waals surface area contributed by atoms with Crippen LogP contribution < -0.4 is 10.6 Å². The zero-order valence-electron chi connectivity index (χ0n) is 18.1. The van der Waals surface area contributed by atoms with Crippen LogP contribution in [-0.4, -0.2) is 84.3 Å². The van der Waals surface area contributed by atoms with Crippen LogP contribution in [0.2, 0.25) is 0 Å². The van der Waals surface area contributed by atoms with Gasteiger partial charge in [-0.25, -0.2) is 14.8 Å². The molecule has 2 atom stereocenters. The summed E-state index contributed by atoms with van der Waals surface area (Å²) in [7, 11) is 1.25. The first kappa shape index (κ1) is 25.1. The summed E-state index contributed by atoms with van der Waals surface area (Å²) in [5, 5.41) is 19.7. The Labute approximate surface area is 214 Å². The van der Waals surface area contributed by atoms with Gasteiger partial charge in [0.25, 0.3) is 11.8 Å². The van der Waals surface area contributed by atoms with Crippen molar-refractivity contribution in [3.05, 3.63) is 28.2 Å². The topological polar surface area (TPSA) is 176 Å². The third-order valence-electron chi connectivity index (χ3n) is 4.74. The van der Waals surface area contributed by atoms with Gasteiger partial charge in [-0.3, -0.25) is 19.3 Å². The molecule has 2 aromatic heterocycles. The molecule has 0 aliphatic carbocycles.